The average molecular weight is 542 g/mol. The van der Waals surface area contributed by atoms with Crippen molar-refractivity contribution in [1.82, 2.24) is 19.7 Å². The number of ether oxygens (including phenoxy) is 1. The summed E-state index contributed by atoms with van der Waals surface area (Å²) >= 11 is 0. The first-order valence-electron chi connectivity index (χ1n) is 12.0. The zero-order valence-electron chi connectivity index (χ0n) is 20.1. The van der Waals surface area contributed by atoms with Gasteiger partial charge in [-0.2, -0.15) is 5.10 Å². The minimum absolute atomic E-state index is 0.0635. The Balaban J connectivity index is 1.33. The molecular weight excluding hydrogens is 518 g/mol. The Morgan fingerprint density at radius 2 is 1.74 bits per heavy atom. The van der Waals surface area contributed by atoms with Crippen LogP contribution in [0.1, 0.15) is 21.8 Å². The quantitative estimate of drug-likeness (QED) is 0.235. The van der Waals surface area contributed by atoms with E-state index in [0.717, 1.165) is 22.6 Å². The van der Waals surface area contributed by atoms with E-state index in [1.807, 2.05) is 71.4 Å². The molecule has 0 saturated carbocycles. The zero-order chi connectivity index (χ0) is 26.1. The summed E-state index contributed by atoms with van der Waals surface area (Å²) in [6, 6.07) is 24.5. The van der Waals surface area contributed by atoms with E-state index < -0.39 is 5.97 Å². The highest BCUT2D eigenvalue weighted by Crippen LogP contribution is 2.48. The van der Waals surface area contributed by atoms with Gasteiger partial charge >= 0.3 is 5.97 Å². The van der Waals surface area contributed by atoms with Crippen molar-refractivity contribution in [2.24, 2.45) is 0 Å². The summed E-state index contributed by atoms with van der Waals surface area (Å²) in [6.45, 7) is 0.554. The van der Waals surface area contributed by atoms with E-state index in [0.29, 0.717) is 40.4 Å². The van der Waals surface area contributed by atoms with Crippen LogP contribution in [0, 0.1) is 0 Å². The number of benzene rings is 3. The highest BCUT2D eigenvalue weighted by Gasteiger charge is 2.34. The maximum absolute atomic E-state index is 11.9. The Bertz CT molecular complexity index is 1610. The van der Waals surface area contributed by atoms with E-state index in [1.165, 1.54) is 6.33 Å². The third-order valence-corrected chi connectivity index (χ3v) is 9.41. The largest absolute Gasteiger partial charge is 0.478 e. The number of aromatic nitrogens is 4. The second-order valence-electron chi connectivity index (χ2n) is 8.85. The van der Waals surface area contributed by atoms with E-state index in [-0.39, 0.29) is 11.2 Å². The monoisotopic (exact) mass is 541 g/mol. The smallest absolute Gasteiger partial charge is 0.335 e. The number of hydrogen-bond donors (Lipinski definition) is 2. The molecule has 1 fully saturated rings. The van der Waals surface area contributed by atoms with Crippen molar-refractivity contribution in [2.75, 3.05) is 11.5 Å². The van der Waals surface area contributed by atoms with E-state index in [1.54, 1.807) is 33.7 Å². The molecule has 0 unspecified atom stereocenters. The SMILES string of the molecule is Nc1ncnc2c1c(-c1ccc(Oc3ccccc3)cc1)nn2C[C@@H]1SSC[C@H]1c1ccccc1C(=O)O. The lowest BCUT2D eigenvalue weighted by molar-refractivity contribution is 0.0695. The number of hydrogen-bond acceptors (Lipinski definition) is 8. The Labute approximate surface area is 226 Å². The van der Waals surface area contributed by atoms with Gasteiger partial charge in [0.1, 0.15) is 29.3 Å². The summed E-state index contributed by atoms with van der Waals surface area (Å²) in [5.74, 6) is 1.82. The fraction of sp³-hybridized carbons (Fsp3) is 0.143. The van der Waals surface area contributed by atoms with Gasteiger partial charge in [-0.05, 0) is 48.0 Å². The molecule has 0 aliphatic carbocycles. The standard InChI is InChI=1S/C28H23N5O3S2/c29-26-24-25(17-10-12-19(13-11-17)36-18-6-2-1-3-7-18)32-33(27(24)31-16-30-26)14-23-22(15-37-38-23)20-8-4-5-9-21(20)28(34)35/h1-13,16,22-23H,14-15H2,(H,34,35)(H2,29,30,31)/t22-,23-/m0/s1. The summed E-state index contributed by atoms with van der Waals surface area (Å²) in [4.78, 5) is 20.6. The van der Waals surface area contributed by atoms with Crippen LogP contribution >= 0.6 is 21.6 Å². The second kappa shape index (κ2) is 10.4. The van der Waals surface area contributed by atoms with Crippen molar-refractivity contribution < 1.29 is 14.6 Å². The van der Waals surface area contributed by atoms with Crippen LogP contribution in [0.5, 0.6) is 11.5 Å². The lowest BCUT2D eigenvalue weighted by atomic mass is 9.92. The molecule has 1 saturated heterocycles. The van der Waals surface area contributed by atoms with Crippen LogP contribution in [0.15, 0.2) is 85.2 Å². The molecule has 3 aromatic carbocycles. The van der Waals surface area contributed by atoms with Crippen molar-refractivity contribution in [3.8, 4) is 22.8 Å². The fourth-order valence-corrected chi connectivity index (χ4v) is 7.97. The molecule has 2 atom stereocenters. The van der Waals surface area contributed by atoms with Gasteiger partial charge in [0.15, 0.2) is 5.65 Å². The predicted molar refractivity (Wildman–Crippen MR) is 152 cm³/mol. The summed E-state index contributed by atoms with van der Waals surface area (Å²) in [6.07, 6.45) is 1.45. The predicted octanol–water partition coefficient (Wildman–Crippen LogP) is 6.11. The van der Waals surface area contributed by atoms with Gasteiger partial charge in [0.25, 0.3) is 0 Å². The number of fused-ring (bicyclic) bond motifs is 1. The molecule has 38 heavy (non-hydrogen) atoms. The van der Waals surface area contributed by atoms with Crippen LogP contribution in [0.4, 0.5) is 5.82 Å². The fourth-order valence-electron chi connectivity index (χ4n) is 4.67. The summed E-state index contributed by atoms with van der Waals surface area (Å²) in [5, 5.41) is 15.5. The van der Waals surface area contributed by atoms with Gasteiger partial charge < -0.3 is 15.6 Å². The van der Waals surface area contributed by atoms with Crippen LogP contribution in [-0.4, -0.2) is 41.8 Å². The molecule has 3 heterocycles. The van der Waals surface area contributed by atoms with Gasteiger partial charge in [-0.15, -0.1) is 0 Å². The number of carbonyl (C=O) groups is 1. The number of aromatic carboxylic acids is 1. The van der Waals surface area contributed by atoms with Crippen molar-refractivity contribution in [3.63, 3.8) is 0 Å². The molecular formula is C28H23N5O3S2. The molecule has 0 radical (unpaired) electrons. The molecule has 8 nitrogen and oxygen atoms in total. The van der Waals surface area contributed by atoms with Gasteiger partial charge in [-0.3, -0.25) is 0 Å². The van der Waals surface area contributed by atoms with E-state index in [9.17, 15) is 9.90 Å². The lowest BCUT2D eigenvalue weighted by Gasteiger charge is -2.20. The number of carboxylic acids is 1. The summed E-state index contributed by atoms with van der Waals surface area (Å²) in [5.41, 5.74) is 9.73. The Morgan fingerprint density at radius 3 is 2.53 bits per heavy atom. The van der Waals surface area contributed by atoms with Crippen LogP contribution in [0.2, 0.25) is 0 Å². The maximum Gasteiger partial charge on any atom is 0.335 e. The number of anilines is 1. The molecule has 0 spiro atoms. The first kappa shape index (κ1) is 24.3. The number of nitrogens with zero attached hydrogens (tertiary/aromatic N) is 4. The molecule has 6 rings (SSSR count). The van der Waals surface area contributed by atoms with E-state index >= 15 is 0 Å². The average Bonchev–Trinajstić information content (AvgIpc) is 3.55. The van der Waals surface area contributed by atoms with Gasteiger partial charge in [0.2, 0.25) is 0 Å². The maximum atomic E-state index is 11.9. The third kappa shape index (κ3) is 4.68. The Morgan fingerprint density at radius 1 is 1.00 bits per heavy atom. The molecule has 1 aliphatic heterocycles. The lowest BCUT2D eigenvalue weighted by Crippen LogP contribution is -2.21. The topological polar surface area (TPSA) is 116 Å². The number of carboxylic acid groups (broad SMARTS) is 1. The molecule has 1 aliphatic rings. The number of rotatable bonds is 7. The van der Waals surface area contributed by atoms with E-state index in [4.69, 9.17) is 15.6 Å². The number of nitrogen functional groups attached to an aromatic ring is 1. The van der Waals surface area contributed by atoms with Crippen molar-refractivity contribution in [2.45, 2.75) is 17.7 Å². The van der Waals surface area contributed by atoms with Gasteiger partial charge in [-0.1, -0.05) is 58.0 Å². The van der Waals surface area contributed by atoms with Crippen LogP contribution in [0.3, 0.4) is 0 Å². The molecule has 10 heteroatoms. The molecule has 190 valence electrons. The first-order chi connectivity index (χ1) is 18.6. The summed E-state index contributed by atoms with van der Waals surface area (Å²) < 4.78 is 7.80. The molecule has 5 aromatic rings. The third-order valence-electron chi connectivity index (χ3n) is 6.50. The zero-order valence-corrected chi connectivity index (χ0v) is 21.7. The minimum Gasteiger partial charge on any atom is -0.478 e. The summed E-state index contributed by atoms with van der Waals surface area (Å²) in [7, 11) is 3.50. The number of nitrogens with two attached hydrogens (primary N) is 1. The van der Waals surface area contributed by atoms with Gasteiger partial charge in [0.05, 0.1) is 17.5 Å². The van der Waals surface area contributed by atoms with Crippen LogP contribution in [-0.2, 0) is 6.54 Å². The van der Waals surface area contributed by atoms with Gasteiger partial charge in [-0.25, -0.2) is 19.4 Å². The van der Waals surface area contributed by atoms with Crippen molar-refractivity contribution in [1.29, 1.82) is 0 Å². The highest BCUT2D eigenvalue weighted by molar-refractivity contribution is 8.77. The first-order valence-corrected chi connectivity index (χ1v) is 14.4. The normalized spacial score (nSPS) is 17.1. The number of para-hydroxylation sites is 1. The molecule has 0 amide bonds. The van der Waals surface area contributed by atoms with Crippen LogP contribution in [0.25, 0.3) is 22.3 Å². The Hall–Kier alpha value is -4.02. The molecule has 3 N–H and O–H groups in total. The van der Waals surface area contributed by atoms with Gasteiger partial charge in [0, 0.05) is 22.5 Å². The Kier molecular flexibility index (Phi) is 6.65. The minimum atomic E-state index is -0.909. The molecule has 0 bridgehead atoms. The highest BCUT2D eigenvalue weighted by atomic mass is 33.1. The van der Waals surface area contributed by atoms with Crippen LogP contribution < -0.4 is 10.5 Å². The van der Waals surface area contributed by atoms with E-state index in [2.05, 4.69) is 9.97 Å². The molecule has 2 aromatic heterocycles. The van der Waals surface area contributed by atoms with Crippen molar-refractivity contribution >= 4 is 44.4 Å². The van der Waals surface area contributed by atoms with Crippen molar-refractivity contribution in [3.05, 3.63) is 96.3 Å². The second-order valence-corrected chi connectivity index (χ2v) is 11.5.